The largest absolute Gasteiger partial charge is 1.00 e. The van der Waals surface area contributed by atoms with Crippen LogP contribution < -0.4 is 47.9 Å². The molecule has 0 atom stereocenters. The summed E-state index contributed by atoms with van der Waals surface area (Å²) in [6, 6.07) is 21.3. The Morgan fingerprint density at radius 3 is 1.16 bits per heavy atom. The third-order valence-corrected chi connectivity index (χ3v) is 8.74. The maximum Gasteiger partial charge on any atom is 0.203 e. The first kappa shape index (κ1) is 40.6. The van der Waals surface area contributed by atoms with Gasteiger partial charge in [-0.2, -0.15) is 0 Å². The van der Waals surface area contributed by atoms with Gasteiger partial charge in [0.2, 0.25) is 11.6 Å². The molecule has 43 heavy (non-hydrogen) atoms. The molecule has 0 aliphatic heterocycles. The Hall–Kier alpha value is -2.35. The smallest absolute Gasteiger partial charge is 0.203 e. The van der Waals surface area contributed by atoms with Gasteiger partial charge in [0.05, 0.1) is 50.7 Å². The van der Waals surface area contributed by atoms with Crippen molar-refractivity contribution < 1.29 is 55.8 Å². The third-order valence-electron chi connectivity index (χ3n) is 8.74. The average molecular weight is 653 g/mol. The molecule has 1 aliphatic carbocycles. The summed E-state index contributed by atoms with van der Waals surface area (Å²) in [6.07, 6.45) is 4.79. The van der Waals surface area contributed by atoms with E-state index in [1.165, 1.54) is 23.3 Å². The molecule has 0 bridgehead atoms. The highest BCUT2D eigenvalue weighted by atomic mass is 35.5. The van der Waals surface area contributed by atoms with Crippen LogP contribution in [0.1, 0.15) is 51.7 Å². The molecule has 0 heterocycles. The number of ketones is 2. The zero-order valence-electron chi connectivity index (χ0n) is 26.3. The average Bonchev–Trinajstić information content (AvgIpc) is 2.99. The second kappa shape index (κ2) is 20.6. The molecule has 240 valence electrons. The quantitative estimate of drug-likeness (QED) is 0.0980. The summed E-state index contributed by atoms with van der Waals surface area (Å²) >= 11 is 0. The van der Waals surface area contributed by atoms with Crippen LogP contribution in [0.2, 0.25) is 0 Å². The number of hydrogen-bond acceptors (Lipinski definition) is 4. The van der Waals surface area contributed by atoms with E-state index < -0.39 is 0 Å². The molecule has 2 aromatic rings. The monoisotopic (exact) mass is 651 g/mol. The topological polar surface area (TPSA) is 58.2 Å². The summed E-state index contributed by atoms with van der Waals surface area (Å²) < 4.78 is 2.01. The van der Waals surface area contributed by atoms with Gasteiger partial charge in [0.1, 0.15) is 13.1 Å². The first-order chi connectivity index (χ1) is 19.4. The molecule has 0 radical (unpaired) electrons. The summed E-state index contributed by atoms with van der Waals surface area (Å²) in [4.78, 5) is 25.6. The van der Waals surface area contributed by atoms with Crippen molar-refractivity contribution in [1.29, 1.82) is 0 Å². The zero-order chi connectivity index (χ0) is 28.8. The second-order valence-corrected chi connectivity index (χ2v) is 11.1. The number of halogens is 3. The van der Waals surface area contributed by atoms with E-state index in [-0.39, 0.29) is 48.8 Å². The fourth-order valence-corrected chi connectivity index (χ4v) is 5.74. The van der Waals surface area contributed by atoms with Crippen molar-refractivity contribution in [2.24, 2.45) is 0 Å². The first-order valence-electron chi connectivity index (χ1n) is 15.2. The molecule has 6 nitrogen and oxygen atoms in total. The van der Waals surface area contributed by atoms with E-state index in [9.17, 15) is 9.59 Å². The predicted molar refractivity (Wildman–Crippen MR) is 164 cm³/mol. The Morgan fingerprint density at radius 2 is 0.860 bits per heavy atom. The summed E-state index contributed by atoms with van der Waals surface area (Å²) in [7, 11) is 0. The second-order valence-electron chi connectivity index (χ2n) is 11.1. The lowest BCUT2D eigenvalue weighted by Gasteiger charge is -2.37. The lowest BCUT2D eigenvalue weighted by Crippen LogP contribution is -3.00. The SMILES string of the molecule is CC[N+](CC)(CCCNC1=CC(=O)C(NCCC[N+](CC)(CC)Cc2ccccc2)=CC1=O)Cc1ccccc1.[Cl-].[Cl-].[Cl-]. The van der Waals surface area contributed by atoms with E-state index in [4.69, 9.17) is 0 Å². The molecule has 9 heteroatoms. The summed E-state index contributed by atoms with van der Waals surface area (Å²) in [6.45, 7) is 18.6. The van der Waals surface area contributed by atoms with Gasteiger partial charge in [-0.05, 0) is 27.7 Å². The van der Waals surface area contributed by atoms with E-state index in [0.29, 0.717) is 24.5 Å². The maximum atomic E-state index is 12.8. The molecule has 2 aromatic carbocycles. The Morgan fingerprint density at radius 1 is 0.535 bits per heavy atom. The first-order valence-corrected chi connectivity index (χ1v) is 15.2. The van der Waals surface area contributed by atoms with Gasteiger partial charge in [-0.25, -0.2) is 0 Å². The standard InChI is InChI=1S/C34H48N4O2.3ClH/c1-5-37(6-2,27-29-17-11-9-12-18-29)23-15-21-35-31-25-34(40)32(26-33(31)39)36-22-16-24-38(7-3,8-4)28-30-19-13-10-14-20-30;;;/h9-14,17-20,25-26H,5-8,15-16,21-24,27-28H2,1-4H3;3*1H/p-1. The molecule has 3 rings (SSSR count). The zero-order valence-corrected chi connectivity index (χ0v) is 28.5. The molecule has 0 fully saturated rings. The Bertz CT molecular complexity index is 1060. The molecule has 0 amide bonds. The normalized spacial score (nSPS) is 13.1. The lowest BCUT2D eigenvalue weighted by atomic mass is 10.1. The van der Waals surface area contributed by atoms with Gasteiger partial charge in [-0.3, -0.25) is 9.59 Å². The molecule has 0 saturated heterocycles. The van der Waals surface area contributed by atoms with E-state index in [1.54, 1.807) is 0 Å². The Labute approximate surface area is 278 Å². The van der Waals surface area contributed by atoms with Crippen LogP contribution in [0.3, 0.4) is 0 Å². The Kier molecular flexibility index (Phi) is 19.5. The van der Waals surface area contributed by atoms with Gasteiger partial charge in [0, 0.05) is 49.2 Å². The predicted octanol–water partition coefficient (Wildman–Crippen LogP) is -4.01. The summed E-state index contributed by atoms with van der Waals surface area (Å²) in [5.41, 5.74) is 3.51. The molecular formula is C34H50Cl3N4O2-. The van der Waals surface area contributed by atoms with Crippen LogP contribution in [0.25, 0.3) is 0 Å². The minimum atomic E-state index is -0.130. The lowest BCUT2D eigenvalue weighted by molar-refractivity contribution is -0.937. The van der Waals surface area contributed by atoms with Gasteiger partial charge in [-0.1, -0.05) is 60.7 Å². The van der Waals surface area contributed by atoms with Gasteiger partial charge in [0.25, 0.3) is 0 Å². The van der Waals surface area contributed by atoms with Crippen molar-refractivity contribution >= 4 is 11.6 Å². The third kappa shape index (κ3) is 12.3. The molecule has 0 aromatic heterocycles. The fraction of sp³-hybridized carbons (Fsp3) is 0.471. The summed E-state index contributed by atoms with van der Waals surface area (Å²) in [5.74, 6) is -0.260. The molecule has 1 aliphatic rings. The minimum absolute atomic E-state index is 0. The highest BCUT2D eigenvalue weighted by Gasteiger charge is 2.25. The number of nitrogens with one attached hydrogen (secondary N) is 2. The number of hydrogen-bond donors (Lipinski definition) is 2. The van der Waals surface area contributed by atoms with Crippen LogP contribution in [0.5, 0.6) is 0 Å². The number of benzene rings is 2. The number of rotatable bonds is 18. The molecule has 0 unspecified atom stereocenters. The van der Waals surface area contributed by atoms with Crippen LogP contribution in [-0.2, 0) is 22.7 Å². The number of carbonyl (C=O) groups excluding carboxylic acids is 2. The van der Waals surface area contributed by atoms with E-state index in [0.717, 1.165) is 74.2 Å². The maximum absolute atomic E-state index is 12.8. The van der Waals surface area contributed by atoms with Crippen LogP contribution in [0, 0.1) is 0 Å². The van der Waals surface area contributed by atoms with Crippen molar-refractivity contribution in [2.45, 2.75) is 53.6 Å². The molecule has 0 saturated carbocycles. The van der Waals surface area contributed by atoms with Gasteiger partial charge < -0.3 is 56.8 Å². The number of quaternary nitrogens is 2. The number of nitrogens with zero attached hydrogens (tertiary/aromatic N) is 2. The van der Waals surface area contributed by atoms with Gasteiger partial charge >= 0.3 is 0 Å². The minimum Gasteiger partial charge on any atom is -1.00 e. The Balaban J connectivity index is 0.00000588. The van der Waals surface area contributed by atoms with Crippen LogP contribution in [0.15, 0.2) is 84.2 Å². The summed E-state index contributed by atoms with van der Waals surface area (Å²) in [5, 5.41) is 6.48. The van der Waals surface area contributed by atoms with Crippen molar-refractivity contribution in [2.75, 3.05) is 52.4 Å². The highest BCUT2D eigenvalue weighted by Crippen LogP contribution is 2.17. The molecular weight excluding hydrogens is 603 g/mol. The van der Waals surface area contributed by atoms with Crippen LogP contribution in [0.4, 0.5) is 0 Å². The van der Waals surface area contributed by atoms with Crippen LogP contribution in [-0.4, -0.2) is 72.9 Å². The van der Waals surface area contributed by atoms with Gasteiger partial charge in [0.15, 0.2) is 0 Å². The highest BCUT2D eigenvalue weighted by molar-refractivity contribution is 6.19. The number of carbonyl (C=O) groups is 2. The molecule has 0 spiro atoms. The van der Waals surface area contributed by atoms with Crippen molar-refractivity contribution in [3.8, 4) is 0 Å². The van der Waals surface area contributed by atoms with Gasteiger partial charge in [-0.15, -0.1) is 0 Å². The van der Waals surface area contributed by atoms with Crippen molar-refractivity contribution in [3.05, 3.63) is 95.3 Å². The van der Waals surface area contributed by atoms with Crippen molar-refractivity contribution in [1.82, 2.24) is 10.6 Å². The van der Waals surface area contributed by atoms with Crippen LogP contribution >= 0.6 is 0 Å². The van der Waals surface area contributed by atoms with E-state index in [1.807, 2.05) is 0 Å². The number of allylic oxidation sites excluding steroid dienone is 2. The van der Waals surface area contributed by atoms with Crippen molar-refractivity contribution in [3.63, 3.8) is 0 Å². The fourth-order valence-electron chi connectivity index (χ4n) is 5.74. The molecule has 2 N–H and O–H groups in total. The van der Waals surface area contributed by atoms with E-state index >= 15 is 0 Å². The van der Waals surface area contributed by atoms with E-state index in [2.05, 4.69) is 99.0 Å².